The molecule has 1 atom stereocenters. The molecule has 0 aliphatic carbocycles. The Balaban J connectivity index is 2.53. The van der Waals surface area contributed by atoms with Crippen LogP contribution in [0.4, 0.5) is 4.79 Å². The van der Waals surface area contributed by atoms with E-state index in [9.17, 15) is 4.79 Å². The lowest BCUT2D eigenvalue weighted by atomic mass is 10.0. The van der Waals surface area contributed by atoms with Crippen LogP contribution in [-0.2, 0) is 16.2 Å². The topological polar surface area (TPSA) is 59.9 Å². The van der Waals surface area contributed by atoms with Crippen molar-refractivity contribution in [1.29, 1.82) is 0 Å². The minimum absolute atomic E-state index is 0.176. The fourth-order valence-electron chi connectivity index (χ4n) is 1.80. The highest BCUT2D eigenvalue weighted by atomic mass is 16.6. The maximum atomic E-state index is 11.9. The van der Waals surface area contributed by atoms with Gasteiger partial charge in [-0.1, -0.05) is 44.2 Å². The van der Waals surface area contributed by atoms with E-state index < -0.39 is 11.7 Å². The number of aliphatic imine (C=N–C) groups is 1. The van der Waals surface area contributed by atoms with Crippen LogP contribution in [0.2, 0.25) is 0 Å². The molecule has 0 aliphatic rings. The first-order valence-corrected chi connectivity index (χ1v) is 8.01. The van der Waals surface area contributed by atoms with Crippen molar-refractivity contribution in [1.82, 2.24) is 5.48 Å². The molecule has 5 heteroatoms. The first kappa shape index (κ1) is 19.3. The van der Waals surface area contributed by atoms with E-state index >= 15 is 0 Å². The van der Waals surface area contributed by atoms with Gasteiger partial charge in [0.1, 0.15) is 5.60 Å². The normalized spacial score (nSPS) is 13.7. The van der Waals surface area contributed by atoms with Gasteiger partial charge in [-0.3, -0.25) is 4.84 Å². The molecule has 128 valence electrons. The van der Waals surface area contributed by atoms with Crippen molar-refractivity contribution < 1.29 is 14.4 Å². The number of nitrogens with one attached hydrogen (secondary N) is 1. The monoisotopic (exact) mass is 320 g/mol. The van der Waals surface area contributed by atoms with Crippen LogP contribution in [-0.4, -0.2) is 24.0 Å². The Morgan fingerprint density at radius 3 is 2.48 bits per heavy atom. The molecule has 0 aromatic heterocycles. The number of hydrogen-bond acceptors (Lipinski definition) is 4. The largest absolute Gasteiger partial charge is 0.442 e. The Kier molecular flexibility index (Phi) is 7.92. The third-order valence-electron chi connectivity index (χ3n) is 3.25. The van der Waals surface area contributed by atoms with Gasteiger partial charge in [-0.15, -0.1) is 0 Å². The molecule has 0 aliphatic heterocycles. The molecule has 23 heavy (non-hydrogen) atoms. The maximum absolute atomic E-state index is 11.9. The molecule has 0 radical (unpaired) electrons. The molecule has 1 aromatic carbocycles. The van der Waals surface area contributed by atoms with Crippen LogP contribution >= 0.6 is 0 Å². The summed E-state index contributed by atoms with van der Waals surface area (Å²) in [6.45, 7) is 10.4. The van der Waals surface area contributed by atoms with E-state index in [-0.39, 0.29) is 5.92 Å². The van der Waals surface area contributed by atoms with Crippen LogP contribution in [0.5, 0.6) is 0 Å². The first-order valence-electron chi connectivity index (χ1n) is 8.01. The molecular weight excluding hydrogens is 292 g/mol. The van der Waals surface area contributed by atoms with E-state index in [4.69, 9.17) is 9.57 Å². The van der Waals surface area contributed by atoms with Crippen molar-refractivity contribution in [3.05, 3.63) is 35.9 Å². The van der Waals surface area contributed by atoms with Crippen LogP contribution in [0, 0.1) is 5.92 Å². The standard InChI is InChI=1S/C18H28N2O3/c1-6-14(2)16(20-17(21)23-18(3,4)5)12-19-22-13-15-10-8-7-9-11-15/h7-11,14,19H,6,12-13H2,1-5H3/t14-/m0/s1. The average molecular weight is 320 g/mol. The highest BCUT2D eigenvalue weighted by Crippen LogP contribution is 2.10. The molecule has 0 spiro atoms. The Hall–Kier alpha value is -1.72. The number of carbonyl (C=O) groups excluding carboxylic acids is 1. The second-order valence-electron chi connectivity index (χ2n) is 6.49. The number of hydrogen-bond donors (Lipinski definition) is 1. The van der Waals surface area contributed by atoms with Crippen LogP contribution in [0.15, 0.2) is 35.3 Å². The minimum Gasteiger partial charge on any atom is -0.442 e. The van der Waals surface area contributed by atoms with E-state index in [1.165, 1.54) is 0 Å². The lowest BCUT2D eigenvalue weighted by Crippen LogP contribution is -2.30. The number of benzene rings is 1. The van der Waals surface area contributed by atoms with Crippen LogP contribution in [0.1, 0.15) is 46.6 Å². The van der Waals surface area contributed by atoms with Gasteiger partial charge >= 0.3 is 6.09 Å². The number of amides is 1. The van der Waals surface area contributed by atoms with Gasteiger partial charge in [-0.2, -0.15) is 10.5 Å². The Labute approximate surface area is 139 Å². The predicted octanol–water partition coefficient (Wildman–Crippen LogP) is 4.13. The molecule has 1 N–H and O–H groups in total. The van der Waals surface area contributed by atoms with Gasteiger partial charge in [0.2, 0.25) is 0 Å². The molecule has 5 nitrogen and oxygen atoms in total. The molecule has 0 bridgehead atoms. The third kappa shape index (κ3) is 8.47. The summed E-state index contributed by atoms with van der Waals surface area (Å²) >= 11 is 0. The highest BCUT2D eigenvalue weighted by molar-refractivity contribution is 5.96. The van der Waals surface area contributed by atoms with Crippen LogP contribution in [0.3, 0.4) is 0 Å². The number of carbonyl (C=O) groups is 1. The summed E-state index contributed by atoms with van der Waals surface area (Å²) < 4.78 is 5.24. The van der Waals surface area contributed by atoms with Gasteiger partial charge in [0.05, 0.1) is 13.2 Å². The van der Waals surface area contributed by atoms with Crippen molar-refractivity contribution in [2.75, 3.05) is 6.54 Å². The first-order chi connectivity index (χ1) is 10.8. The molecular formula is C18H28N2O3. The van der Waals surface area contributed by atoms with E-state index in [2.05, 4.69) is 17.4 Å². The van der Waals surface area contributed by atoms with Gasteiger partial charge in [0.15, 0.2) is 0 Å². The minimum atomic E-state index is -0.558. The fraction of sp³-hybridized carbons (Fsp3) is 0.556. The van der Waals surface area contributed by atoms with Crippen LogP contribution < -0.4 is 5.48 Å². The second kappa shape index (κ2) is 9.43. The van der Waals surface area contributed by atoms with Gasteiger partial charge in [-0.25, -0.2) is 4.79 Å². The summed E-state index contributed by atoms with van der Waals surface area (Å²) in [7, 11) is 0. The van der Waals surface area contributed by atoms with Gasteiger partial charge < -0.3 is 4.74 Å². The summed E-state index contributed by atoms with van der Waals surface area (Å²) in [4.78, 5) is 21.4. The molecule has 0 heterocycles. The Morgan fingerprint density at radius 1 is 1.26 bits per heavy atom. The number of hydroxylamine groups is 1. The Bertz CT molecular complexity index is 507. The summed E-state index contributed by atoms with van der Waals surface area (Å²) in [5.41, 5.74) is 4.14. The van der Waals surface area contributed by atoms with Crippen molar-refractivity contribution in [3.8, 4) is 0 Å². The van der Waals surface area contributed by atoms with Crippen molar-refractivity contribution in [2.24, 2.45) is 10.9 Å². The lowest BCUT2D eigenvalue weighted by molar-refractivity contribution is 0.0368. The SMILES string of the molecule is CC[C@H](C)C(CNOCc1ccccc1)=NC(=O)OC(C)(C)C. The van der Waals surface area contributed by atoms with Crippen LogP contribution in [0.25, 0.3) is 0 Å². The number of ether oxygens (including phenoxy) is 1. The smallest absolute Gasteiger partial charge is 0.434 e. The van der Waals surface area contributed by atoms with E-state index in [1.807, 2.05) is 58.0 Å². The Morgan fingerprint density at radius 2 is 1.91 bits per heavy atom. The van der Waals surface area contributed by atoms with Gasteiger partial charge in [0.25, 0.3) is 0 Å². The third-order valence-corrected chi connectivity index (χ3v) is 3.25. The van der Waals surface area contributed by atoms with Crippen molar-refractivity contribution >= 4 is 11.8 Å². The van der Waals surface area contributed by atoms with E-state index in [1.54, 1.807) is 0 Å². The number of nitrogens with zero attached hydrogens (tertiary/aromatic N) is 1. The molecule has 1 amide bonds. The zero-order chi connectivity index (χ0) is 17.3. The maximum Gasteiger partial charge on any atom is 0.434 e. The summed E-state index contributed by atoms with van der Waals surface area (Å²) in [5, 5.41) is 0. The lowest BCUT2D eigenvalue weighted by Gasteiger charge is -2.19. The predicted molar refractivity (Wildman–Crippen MR) is 92.4 cm³/mol. The molecule has 1 rings (SSSR count). The molecule has 0 fully saturated rings. The summed E-state index contributed by atoms with van der Waals surface area (Å²) in [6, 6.07) is 9.88. The fourth-order valence-corrected chi connectivity index (χ4v) is 1.80. The second-order valence-corrected chi connectivity index (χ2v) is 6.49. The van der Waals surface area contributed by atoms with Gasteiger partial charge in [-0.05, 0) is 38.7 Å². The van der Waals surface area contributed by atoms with Crippen molar-refractivity contribution in [3.63, 3.8) is 0 Å². The van der Waals surface area contributed by atoms with E-state index in [0.717, 1.165) is 17.7 Å². The molecule has 0 saturated heterocycles. The zero-order valence-electron chi connectivity index (χ0n) is 14.8. The molecule has 0 unspecified atom stereocenters. The highest BCUT2D eigenvalue weighted by Gasteiger charge is 2.18. The quantitative estimate of drug-likeness (QED) is 0.466. The zero-order valence-corrected chi connectivity index (χ0v) is 14.8. The molecule has 0 saturated carbocycles. The van der Waals surface area contributed by atoms with Crippen molar-refractivity contribution in [2.45, 2.75) is 53.2 Å². The van der Waals surface area contributed by atoms with Gasteiger partial charge in [0, 0.05) is 5.71 Å². The molecule has 1 aromatic rings. The van der Waals surface area contributed by atoms with E-state index in [0.29, 0.717) is 13.2 Å². The summed E-state index contributed by atoms with van der Waals surface area (Å²) in [6.07, 6.45) is 0.333. The summed E-state index contributed by atoms with van der Waals surface area (Å²) in [5.74, 6) is 0.176. The average Bonchev–Trinajstić information content (AvgIpc) is 2.48. The number of rotatable bonds is 7.